The normalized spacial score (nSPS) is 11.6. The molecule has 0 unspecified atom stereocenters. The SMILES string of the molecule is O=c1c(NCc2ccc(-c3noc(C(F)(F)F)n3)cn2)c(Nc2cncnc2)c1=O. The minimum absolute atomic E-state index is 0.0814. The van der Waals surface area contributed by atoms with Crippen LogP contribution in [-0.4, -0.2) is 25.1 Å². The van der Waals surface area contributed by atoms with Crippen molar-refractivity contribution >= 4 is 17.1 Å². The van der Waals surface area contributed by atoms with Crippen LogP contribution in [0.3, 0.4) is 0 Å². The number of anilines is 3. The lowest BCUT2D eigenvalue weighted by Gasteiger charge is -2.14. The van der Waals surface area contributed by atoms with Crippen LogP contribution in [0.2, 0.25) is 0 Å². The van der Waals surface area contributed by atoms with E-state index in [-0.39, 0.29) is 29.3 Å². The molecule has 0 atom stereocenters. The highest BCUT2D eigenvalue weighted by molar-refractivity contribution is 5.78. The largest absolute Gasteiger partial charge is 0.471 e. The predicted molar refractivity (Wildman–Crippen MR) is 96.5 cm³/mol. The summed E-state index contributed by atoms with van der Waals surface area (Å²) in [5.74, 6) is -1.71. The second-order valence-corrected chi connectivity index (χ2v) is 5.97. The number of halogens is 3. The molecule has 0 spiro atoms. The molecule has 13 heteroatoms. The van der Waals surface area contributed by atoms with Crippen LogP contribution in [0.4, 0.5) is 30.2 Å². The van der Waals surface area contributed by atoms with E-state index in [1.165, 1.54) is 37.1 Å². The lowest BCUT2D eigenvalue weighted by atomic mass is 10.1. The maximum Gasteiger partial charge on any atom is 0.471 e. The minimum atomic E-state index is -4.74. The molecule has 0 aliphatic carbocycles. The first-order chi connectivity index (χ1) is 14.3. The van der Waals surface area contributed by atoms with Crippen LogP contribution in [0.1, 0.15) is 11.6 Å². The molecule has 30 heavy (non-hydrogen) atoms. The molecule has 0 bridgehead atoms. The number of hydrogen-bond acceptors (Lipinski definition) is 10. The van der Waals surface area contributed by atoms with Crippen LogP contribution in [0.15, 0.2) is 51.2 Å². The van der Waals surface area contributed by atoms with Gasteiger partial charge in [0.25, 0.3) is 10.9 Å². The molecular formula is C17H10F3N7O3. The van der Waals surface area contributed by atoms with Gasteiger partial charge in [-0.05, 0) is 12.1 Å². The molecule has 0 saturated carbocycles. The molecule has 2 N–H and O–H groups in total. The summed E-state index contributed by atoms with van der Waals surface area (Å²) in [5, 5.41) is 8.86. The Morgan fingerprint density at radius 2 is 1.73 bits per heavy atom. The first kappa shape index (κ1) is 19.2. The second kappa shape index (κ2) is 7.35. The van der Waals surface area contributed by atoms with E-state index in [0.29, 0.717) is 11.4 Å². The number of aromatic nitrogens is 5. The number of alkyl halides is 3. The highest BCUT2D eigenvalue weighted by Gasteiger charge is 2.38. The van der Waals surface area contributed by atoms with E-state index in [1.807, 2.05) is 0 Å². The van der Waals surface area contributed by atoms with Gasteiger partial charge in [0.1, 0.15) is 17.7 Å². The zero-order chi connectivity index (χ0) is 21.3. The summed E-state index contributed by atoms with van der Waals surface area (Å²) in [4.78, 5) is 38.6. The van der Waals surface area contributed by atoms with Crippen molar-refractivity contribution in [1.82, 2.24) is 25.1 Å². The molecular weight excluding hydrogens is 407 g/mol. The van der Waals surface area contributed by atoms with Gasteiger partial charge >= 0.3 is 12.1 Å². The Morgan fingerprint density at radius 3 is 2.37 bits per heavy atom. The van der Waals surface area contributed by atoms with Crippen LogP contribution in [0, 0.1) is 0 Å². The fourth-order valence-corrected chi connectivity index (χ4v) is 2.48. The molecule has 4 rings (SSSR count). The Morgan fingerprint density at radius 1 is 1.00 bits per heavy atom. The number of rotatable bonds is 6. The molecule has 0 amide bonds. The second-order valence-electron chi connectivity index (χ2n) is 5.97. The highest BCUT2D eigenvalue weighted by atomic mass is 19.4. The smallest absolute Gasteiger partial charge is 0.374 e. The van der Waals surface area contributed by atoms with Crippen molar-refractivity contribution < 1.29 is 17.7 Å². The number of hydrogen-bond donors (Lipinski definition) is 2. The van der Waals surface area contributed by atoms with Gasteiger partial charge in [-0.1, -0.05) is 5.16 Å². The van der Waals surface area contributed by atoms with Gasteiger partial charge in [0, 0.05) is 11.8 Å². The lowest BCUT2D eigenvalue weighted by molar-refractivity contribution is -0.159. The van der Waals surface area contributed by atoms with E-state index in [4.69, 9.17) is 0 Å². The van der Waals surface area contributed by atoms with Gasteiger partial charge in [-0.15, -0.1) is 0 Å². The summed E-state index contributed by atoms with van der Waals surface area (Å²) >= 11 is 0. The van der Waals surface area contributed by atoms with E-state index in [9.17, 15) is 22.8 Å². The average molecular weight is 417 g/mol. The molecule has 10 nitrogen and oxygen atoms in total. The Kier molecular flexibility index (Phi) is 4.69. The molecule has 0 aliphatic heterocycles. The first-order valence-electron chi connectivity index (χ1n) is 8.28. The standard InChI is InChI=1S/C17H10F3N7O3/c18-17(19,20)16-26-15(27-30-16)8-1-2-9(23-3-8)6-24-11-12(14(29)13(11)28)25-10-4-21-7-22-5-10/h1-5,7,24-25H,6H2. The van der Waals surface area contributed by atoms with Crippen LogP contribution in [-0.2, 0) is 12.7 Å². The molecule has 4 aromatic rings. The summed E-state index contributed by atoms with van der Waals surface area (Å²) in [6, 6.07) is 2.97. The van der Waals surface area contributed by atoms with Crippen LogP contribution < -0.4 is 21.5 Å². The molecule has 0 fully saturated rings. The van der Waals surface area contributed by atoms with Crippen molar-refractivity contribution in [3.05, 3.63) is 69.1 Å². The Labute approximate surface area is 164 Å². The van der Waals surface area contributed by atoms with Crippen LogP contribution in [0.25, 0.3) is 11.4 Å². The molecule has 1 aromatic carbocycles. The van der Waals surface area contributed by atoms with Crippen LogP contribution in [0.5, 0.6) is 0 Å². The predicted octanol–water partition coefficient (Wildman–Crippen LogP) is 1.89. The van der Waals surface area contributed by atoms with E-state index >= 15 is 0 Å². The van der Waals surface area contributed by atoms with Crippen molar-refractivity contribution in [1.29, 1.82) is 0 Å². The lowest BCUT2D eigenvalue weighted by Crippen LogP contribution is -2.36. The molecule has 0 saturated heterocycles. The summed E-state index contributed by atoms with van der Waals surface area (Å²) in [7, 11) is 0. The monoisotopic (exact) mass is 417 g/mol. The van der Waals surface area contributed by atoms with Crippen molar-refractivity contribution in [3.63, 3.8) is 0 Å². The summed E-state index contributed by atoms with van der Waals surface area (Å²) in [6.07, 6.45) is 0.734. The van der Waals surface area contributed by atoms with Gasteiger partial charge in [-0.3, -0.25) is 14.6 Å². The average Bonchev–Trinajstić information content (AvgIpc) is 3.25. The summed E-state index contributed by atoms with van der Waals surface area (Å²) in [6.45, 7) is 0.0884. The van der Waals surface area contributed by atoms with Gasteiger partial charge < -0.3 is 15.2 Å². The number of pyridine rings is 1. The highest BCUT2D eigenvalue weighted by Crippen LogP contribution is 2.29. The molecule has 0 aliphatic rings. The van der Waals surface area contributed by atoms with Gasteiger partial charge in [-0.25, -0.2) is 9.97 Å². The topological polar surface area (TPSA) is 136 Å². The van der Waals surface area contributed by atoms with E-state index in [1.54, 1.807) is 0 Å². The first-order valence-corrected chi connectivity index (χ1v) is 8.28. The fourth-order valence-electron chi connectivity index (χ4n) is 2.48. The van der Waals surface area contributed by atoms with Gasteiger partial charge in [0.15, 0.2) is 0 Å². The van der Waals surface area contributed by atoms with Gasteiger partial charge in [0.2, 0.25) is 5.82 Å². The Hall–Kier alpha value is -4.16. The van der Waals surface area contributed by atoms with Crippen molar-refractivity contribution in [2.45, 2.75) is 12.7 Å². The zero-order valence-corrected chi connectivity index (χ0v) is 14.8. The maximum absolute atomic E-state index is 12.5. The van der Waals surface area contributed by atoms with Crippen LogP contribution >= 0.6 is 0 Å². The van der Waals surface area contributed by atoms with Crippen molar-refractivity contribution in [2.24, 2.45) is 0 Å². The third kappa shape index (κ3) is 3.72. The molecule has 152 valence electrons. The van der Waals surface area contributed by atoms with E-state index < -0.39 is 22.9 Å². The quantitative estimate of drug-likeness (QED) is 0.448. The molecule has 3 aromatic heterocycles. The third-order valence-electron chi connectivity index (χ3n) is 3.94. The van der Waals surface area contributed by atoms with Gasteiger partial charge in [0.05, 0.1) is 30.3 Å². The zero-order valence-electron chi connectivity index (χ0n) is 14.8. The Bertz CT molecular complexity index is 1250. The minimum Gasteiger partial charge on any atom is -0.374 e. The maximum atomic E-state index is 12.5. The molecule has 0 radical (unpaired) electrons. The summed E-state index contributed by atoms with van der Waals surface area (Å²) in [5.41, 5.74) is -0.0763. The third-order valence-corrected chi connectivity index (χ3v) is 3.94. The van der Waals surface area contributed by atoms with Crippen molar-refractivity contribution in [2.75, 3.05) is 10.6 Å². The van der Waals surface area contributed by atoms with Crippen molar-refractivity contribution in [3.8, 4) is 11.4 Å². The van der Waals surface area contributed by atoms with E-state index in [2.05, 4.69) is 40.2 Å². The summed E-state index contributed by atoms with van der Waals surface area (Å²) < 4.78 is 41.8. The Balaban J connectivity index is 1.44. The number of nitrogens with one attached hydrogen (secondary N) is 2. The van der Waals surface area contributed by atoms with Gasteiger partial charge in [-0.2, -0.15) is 18.2 Å². The molecule has 3 heterocycles. The van der Waals surface area contributed by atoms with E-state index in [0.717, 1.165) is 0 Å². The fraction of sp³-hybridized carbons (Fsp3) is 0.118. The number of nitrogens with zero attached hydrogens (tertiary/aromatic N) is 5.